The van der Waals surface area contributed by atoms with Crippen LogP contribution in [0.4, 0.5) is 0 Å². The first-order valence-corrected chi connectivity index (χ1v) is 10.5. The van der Waals surface area contributed by atoms with E-state index >= 15 is 0 Å². The highest BCUT2D eigenvalue weighted by Crippen LogP contribution is 2.21. The van der Waals surface area contributed by atoms with Crippen molar-refractivity contribution in [1.29, 1.82) is 0 Å². The van der Waals surface area contributed by atoms with Gasteiger partial charge in [0.1, 0.15) is 13.6 Å². The van der Waals surface area contributed by atoms with Crippen LogP contribution in [0.2, 0.25) is 0 Å². The zero-order valence-corrected chi connectivity index (χ0v) is 18.3. The number of hydrogen-bond acceptors (Lipinski definition) is 4. The second kappa shape index (κ2) is 16.6. The maximum Gasteiger partial charge on any atom is 0.146 e. The molecule has 4 nitrogen and oxygen atoms in total. The largest absolute Gasteiger partial charge is 0.359 e. The first-order chi connectivity index (χ1) is 13.8. The van der Waals surface area contributed by atoms with Gasteiger partial charge in [-0.3, -0.25) is 0 Å². The van der Waals surface area contributed by atoms with E-state index in [1.165, 1.54) is 41.5 Å². The number of rotatable bonds is 15. The molecule has 28 heavy (non-hydrogen) atoms. The van der Waals surface area contributed by atoms with Crippen LogP contribution in [-0.2, 0) is 38.2 Å². The van der Waals surface area contributed by atoms with E-state index in [0.717, 1.165) is 32.1 Å². The maximum absolute atomic E-state index is 5.55. The van der Waals surface area contributed by atoms with E-state index in [-0.39, 0.29) is 0 Å². The molecule has 0 saturated heterocycles. The Bertz CT molecular complexity index is 586. The Kier molecular flexibility index (Phi) is 14.6. The fourth-order valence-corrected chi connectivity index (χ4v) is 2.98. The number of benzene rings is 1. The summed E-state index contributed by atoms with van der Waals surface area (Å²) in [7, 11) is 3.29. The number of aryl methyl sites for hydroxylation is 1. The molecule has 0 fully saturated rings. The van der Waals surface area contributed by atoms with Crippen molar-refractivity contribution >= 4 is 0 Å². The van der Waals surface area contributed by atoms with Gasteiger partial charge < -0.3 is 18.9 Å². The zero-order valence-electron chi connectivity index (χ0n) is 18.3. The summed E-state index contributed by atoms with van der Waals surface area (Å²) >= 11 is 0. The van der Waals surface area contributed by atoms with Gasteiger partial charge in [0.05, 0.1) is 13.2 Å². The molecule has 0 spiro atoms. The summed E-state index contributed by atoms with van der Waals surface area (Å²) in [6.07, 6.45) is 8.41. The quantitative estimate of drug-likeness (QED) is 0.243. The lowest BCUT2D eigenvalue weighted by Gasteiger charge is -2.14. The van der Waals surface area contributed by atoms with E-state index in [1.807, 2.05) is 0 Å². The lowest BCUT2D eigenvalue weighted by molar-refractivity contribution is -0.0293. The monoisotopic (exact) mass is 390 g/mol. The fourth-order valence-electron chi connectivity index (χ4n) is 2.98. The van der Waals surface area contributed by atoms with Gasteiger partial charge in [0.15, 0.2) is 0 Å². The average molecular weight is 391 g/mol. The summed E-state index contributed by atoms with van der Waals surface area (Å²) in [5.74, 6) is 6.87. The minimum Gasteiger partial charge on any atom is -0.359 e. The molecule has 0 unspecified atom stereocenters. The summed E-state index contributed by atoms with van der Waals surface area (Å²) in [4.78, 5) is 0. The van der Waals surface area contributed by atoms with Crippen LogP contribution in [0.25, 0.3) is 0 Å². The highest BCUT2D eigenvalue weighted by Gasteiger charge is 2.10. The predicted molar refractivity (Wildman–Crippen MR) is 115 cm³/mol. The molecule has 0 heterocycles. The molecule has 0 aliphatic carbocycles. The standard InChI is InChI=1S/C24H38O4/c1-5-7-9-10-12-24-22(11-8-6-2)17-21(13-15-27-19-25-3)18-23(24)14-16-28-20-26-4/h17-18H,5-9,11,13-16,19-20H2,1-4H3. The third kappa shape index (κ3) is 10.2. The van der Waals surface area contributed by atoms with Gasteiger partial charge in [-0.2, -0.15) is 0 Å². The molecule has 0 radical (unpaired) electrons. The van der Waals surface area contributed by atoms with Gasteiger partial charge in [-0.1, -0.05) is 50.7 Å². The first-order valence-electron chi connectivity index (χ1n) is 10.5. The molecule has 0 aromatic heterocycles. The summed E-state index contributed by atoms with van der Waals surface area (Å²) in [5, 5.41) is 0. The second-order valence-electron chi connectivity index (χ2n) is 6.93. The summed E-state index contributed by atoms with van der Waals surface area (Å²) in [5.41, 5.74) is 5.13. The van der Waals surface area contributed by atoms with E-state index in [0.29, 0.717) is 26.8 Å². The Labute approximate surface area is 171 Å². The molecule has 0 bridgehead atoms. The van der Waals surface area contributed by atoms with Crippen molar-refractivity contribution in [2.45, 2.75) is 65.2 Å². The van der Waals surface area contributed by atoms with Crippen LogP contribution < -0.4 is 0 Å². The maximum atomic E-state index is 5.55. The fraction of sp³-hybridized carbons (Fsp3) is 0.667. The van der Waals surface area contributed by atoms with Crippen LogP contribution in [0, 0.1) is 11.8 Å². The van der Waals surface area contributed by atoms with E-state index in [1.54, 1.807) is 14.2 Å². The summed E-state index contributed by atoms with van der Waals surface area (Å²) < 4.78 is 21.0. The molecule has 158 valence electrons. The molecule has 4 heteroatoms. The van der Waals surface area contributed by atoms with E-state index in [4.69, 9.17) is 18.9 Å². The summed E-state index contributed by atoms with van der Waals surface area (Å²) in [6, 6.07) is 4.58. The van der Waals surface area contributed by atoms with Crippen LogP contribution in [0.15, 0.2) is 12.1 Å². The highest BCUT2D eigenvalue weighted by atomic mass is 16.7. The number of hydrogen-bond donors (Lipinski definition) is 0. The van der Waals surface area contributed by atoms with Crippen molar-refractivity contribution in [3.63, 3.8) is 0 Å². The van der Waals surface area contributed by atoms with Crippen molar-refractivity contribution in [2.24, 2.45) is 0 Å². The Balaban J connectivity index is 3.06. The molecule has 1 aromatic rings. The lowest BCUT2D eigenvalue weighted by atomic mass is 9.92. The SMILES string of the molecule is CCCCC#Cc1c(CCCC)cc(CCOCOC)cc1CCOCOC. The van der Waals surface area contributed by atoms with Crippen LogP contribution >= 0.6 is 0 Å². The second-order valence-corrected chi connectivity index (χ2v) is 6.93. The normalized spacial score (nSPS) is 10.7. The third-order valence-electron chi connectivity index (χ3n) is 4.48. The topological polar surface area (TPSA) is 36.9 Å². The summed E-state index contributed by atoms with van der Waals surface area (Å²) in [6.45, 7) is 6.38. The van der Waals surface area contributed by atoms with Crippen molar-refractivity contribution in [3.05, 3.63) is 34.4 Å². The van der Waals surface area contributed by atoms with Crippen LogP contribution in [-0.4, -0.2) is 41.0 Å². The molecule has 0 aliphatic rings. The van der Waals surface area contributed by atoms with Gasteiger partial charge in [0, 0.05) is 26.2 Å². The Morgan fingerprint density at radius 2 is 1.39 bits per heavy atom. The van der Waals surface area contributed by atoms with Gasteiger partial charge >= 0.3 is 0 Å². The van der Waals surface area contributed by atoms with Crippen molar-refractivity contribution in [3.8, 4) is 11.8 Å². The van der Waals surface area contributed by atoms with Crippen LogP contribution in [0.3, 0.4) is 0 Å². The van der Waals surface area contributed by atoms with Crippen molar-refractivity contribution in [2.75, 3.05) is 41.0 Å². The van der Waals surface area contributed by atoms with Gasteiger partial charge in [-0.15, -0.1) is 0 Å². The van der Waals surface area contributed by atoms with E-state index in [2.05, 4.69) is 37.8 Å². The smallest absolute Gasteiger partial charge is 0.146 e. The van der Waals surface area contributed by atoms with Crippen LogP contribution in [0.5, 0.6) is 0 Å². The number of methoxy groups -OCH3 is 2. The lowest BCUT2D eigenvalue weighted by Crippen LogP contribution is -2.08. The zero-order chi connectivity index (χ0) is 20.5. The van der Waals surface area contributed by atoms with Gasteiger partial charge in [0.2, 0.25) is 0 Å². The Morgan fingerprint density at radius 3 is 2.00 bits per heavy atom. The minimum atomic E-state index is 0.324. The Hall–Kier alpha value is -1.38. The third-order valence-corrected chi connectivity index (χ3v) is 4.48. The van der Waals surface area contributed by atoms with Gasteiger partial charge in [-0.25, -0.2) is 0 Å². The highest BCUT2D eigenvalue weighted by molar-refractivity contribution is 5.50. The molecule has 1 rings (SSSR count). The molecule has 0 aliphatic heterocycles. The molecule has 0 N–H and O–H groups in total. The molecule has 0 atom stereocenters. The average Bonchev–Trinajstić information content (AvgIpc) is 2.71. The predicted octanol–water partition coefficient (Wildman–Crippen LogP) is 4.90. The van der Waals surface area contributed by atoms with Gasteiger partial charge in [-0.05, 0) is 48.8 Å². The van der Waals surface area contributed by atoms with E-state index < -0.39 is 0 Å². The first kappa shape index (κ1) is 24.7. The van der Waals surface area contributed by atoms with Crippen molar-refractivity contribution in [1.82, 2.24) is 0 Å². The molecule has 0 amide bonds. The molecular formula is C24H38O4. The minimum absolute atomic E-state index is 0.324. The molecule has 0 saturated carbocycles. The molecular weight excluding hydrogens is 352 g/mol. The number of ether oxygens (including phenoxy) is 4. The molecule has 1 aromatic carbocycles. The van der Waals surface area contributed by atoms with Crippen LogP contribution in [0.1, 0.15) is 68.2 Å². The van der Waals surface area contributed by atoms with Crippen molar-refractivity contribution < 1.29 is 18.9 Å². The van der Waals surface area contributed by atoms with Gasteiger partial charge in [0.25, 0.3) is 0 Å². The number of unbranched alkanes of at least 4 members (excludes halogenated alkanes) is 3. The Morgan fingerprint density at radius 1 is 0.786 bits per heavy atom. The van der Waals surface area contributed by atoms with E-state index in [9.17, 15) is 0 Å².